The predicted octanol–water partition coefficient (Wildman–Crippen LogP) is 4.16. The van der Waals surface area contributed by atoms with Crippen LogP contribution >= 0.6 is 11.6 Å². The topological polar surface area (TPSA) is 9.23 Å². The molecular weight excluding hydrogens is 196 g/mol. The van der Waals surface area contributed by atoms with Gasteiger partial charge in [-0.3, -0.25) is 0 Å². The molecule has 1 rings (SSSR count). The van der Waals surface area contributed by atoms with E-state index in [0.717, 1.165) is 12.4 Å². The second-order valence-corrected chi connectivity index (χ2v) is 4.04. The Morgan fingerprint density at radius 3 is 2.71 bits per heavy atom. The van der Waals surface area contributed by atoms with E-state index in [2.05, 4.69) is 13.8 Å². The molecule has 0 spiro atoms. The number of ether oxygens (including phenoxy) is 1. The number of halogens is 1. The molecule has 0 saturated heterocycles. The molecule has 1 aromatic rings. The maximum Gasteiger partial charge on any atom is 0.137 e. The predicted molar refractivity (Wildman–Crippen MR) is 61.0 cm³/mol. The molecule has 1 nitrogen and oxygen atoms in total. The highest BCUT2D eigenvalue weighted by atomic mass is 35.5. The fraction of sp³-hybridized carbons (Fsp3) is 0.500. The lowest BCUT2D eigenvalue weighted by molar-refractivity contribution is 0.251. The van der Waals surface area contributed by atoms with Crippen LogP contribution in [0.15, 0.2) is 24.3 Å². The minimum Gasteiger partial charge on any atom is -0.492 e. The van der Waals surface area contributed by atoms with Gasteiger partial charge >= 0.3 is 0 Å². The van der Waals surface area contributed by atoms with Crippen LogP contribution in [0, 0.1) is 5.92 Å². The van der Waals surface area contributed by atoms with Crippen molar-refractivity contribution >= 4 is 11.6 Å². The van der Waals surface area contributed by atoms with Crippen molar-refractivity contribution in [2.45, 2.75) is 26.7 Å². The lowest BCUT2D eigenvalue weighted by Gasteiger charge is -2.12. The zero-order chi connectivity index (χ0) is 10.4. The first-order chi connectivity index (χ1) is 6.74. The van der Waals surface area contributed by atoms with Crippen molar-refractivity contribution in [1.29, 1.82) is 0 Å². The monoisotopic (exact) mass is 212 g/mol. The molecule has 0 N–H and O–H groups in total. The van der Waals surface area contributed by atoms with Crippen molar-refractivity contribution in [2.75, 3.05) is 6.61 Å². The molecule has 1 unspecified atom stereocenters. The number of hydrogen-bond donors (Lipinski definition) is 0. The van der Waals surface area contributed by atoms with E-state index in [4.69, 9.17) is 16.3 Å². The number of para-hydroxylation sites is 1. The number of rotatable bonds is 5. The first-order valence-corrected chi connectivity index (χ1v) is 5.49. The molecule has 0 fully saturated rings. The van der Waals surface area contributed by atoms with Gasteiger partial charge in [0.15, 0.2) is 0 Å². The molecule has 78 valence electrons. The van der Waals surface area contributed by atoms with E-state index >= 15 is 0 Å². The normalized spacial score (nSPS) is 12.5. The maximum absolute atomic E-state index is 5.96. The van der Waals surface area contributed by atoms with Crippen molar-refractivity contribution < 1.29 is 4.74 Å². The summed E-state index contributed by atoms with van der Waals surface area (Å²) in [6.45, 7) is 5.13. The van der Waals surface area contributed by atoms with Crippen molar-refractivity contribution in [3.63, 3.8) is 0 Å². The van der Waals surface area contributed by atoms with Crippen LogP contribution in [0.4, 0.5) is 0 Å². The average molecular weight is 213 g/mol. The van der Waals surface area contributed by atoms with Gasteiger partial charge in [0.25, 0.3) is 0 Å². The molecule has 0 bridgehead atoms. The third-order valence-electron chi connectivity index (χ3n) is 2.14. The lowest BCUT2D eigenvalue weighted by atomic mass is 10.1. The fourth-order valence-corrected chi connectivity index (χ4v) is 1.56. The van der Waals surface area contributed by atoms with Crippen LogP contribution < -0.4 is 4.74 Å². The SMILES string of the molecule is CCCC(C)COc1ccccc1Cl. The summed E-state index contributed by atoms with van der Waals surface area (Å²) >= 11 is 5.96. The highest BCUT2D eigenvalue weighted by molar-refractivity contribution is 6.32. The summed E-state index contributed by atoms with van der Waals surface area (Å²) in [7, 11) is 0. The third-order valence-corrected chi connectivity index (χ3v) is 2.45. The summed E-state index contributed by atoms with van der Waals surface area (Å²) in [5, 5.41) is 0.691. The largest absolute Gasteiger partial charge is 0.492 e. The summed E-state index contributed by atoms with van der Waals surface area (Å²) in [5.74, 6) is 1.38. The van der Waals surface area contributed by atoms with Gasteiger partial charge in [-0.1, -0.05) is 44.0 Å². The molecule has 0 aliphatic carbocycles. The van der Waals surface area contributed by atoms with Crippen molar-refractivity contribution in [2.24, 2.45) is 5.92 Å². The highest BCUT2D eigenvalue weighted by Gasteiger charge is 2.03. The second kappa shape index (κ2) is 5.92. The number of hydrogen-bond acceptors (Lipinski definition) is 1. The Labute approximate surface area is 91.0 Å². The molecule has 0 radical (unpaired) electrons. The van der Waals surface area contributed by atoms with E-state index in [9.17, 15) is 0 Å². The zero-order valence-electron chi connectivity index (χ0n) is 8.79. The van der Waals surface area contributed by atoms with E-state index in [1.54, 1.807) is 0 Å². The standard InChI is InChI=1S/C12H17ClO/c1-3-6-10(2)9-14-12-8-5-4-7-11(12)13/h4-5,7-8,10H,3,6,9H2,1-2H3. The van der Waals surface area contributed by atoms with Crippen LogP contribution in [-0.4, -0.2) is 6.61 Å². The first kappa shape index (κ1) is 11.4. The fourth-order valence-electron chi connectivity index (χ4n) is 1.37. The van der Waals surface area contributed by atoms with E-state index < -0.39 is 0 Å². The Hall–Kier alpha value is -0.690. The van der Waals surface area contributed by atoms with Gasteiger partial charge in [-0.15, -0.1) is 0 Å². The van der Waals surface area contributed by atoms with Crippen LogP contribution in [0.25, 0.3) is 0 Å². The Morgan fingerprint density at radius 1 is 1.36 bits per heavy atom. The summed E-state index contributed by atoms with van der Waals surface area (Å²) in [6.07, 6.45) is 2.40. The summed E-state index contributed by atoms with van der Waals surface area (Å²) < 4.78 is 5.62. The molecule has 0 aromatic heterocycles. The van der Waals surface area contributed by atoms with Gasteiger partial charge in [0, 0.05) is 0 Å². The van der Waals surface area contributed by atoms with Gasteiger partial charge < -0.3 is 4.74 Å². The van der Waals surface area contributed by atoms with Crippen LogP contribution in [-0.2, 0) is 0 Å². The van der Waals surface area contributed by atoms with Crippen molar-refractivity contribution in [3.05, 3.63) is 29.3 Å². The molecule has 1 atom stereocenters. The third kappa shape index (κ3) is 3.59. The molecular formula is C12H17ClO. The Kier molecular flexibility index (Phi) is 4.81. The molecule has 0 heterocycles. The van der Waals surface area contributed by atoms with Gasteiger partial charge in [-0.25, -0.2) is 0 Å². The second-order valence-electron chi connectivity index (χ2n) is 3.64. The Balaban J connectivity index is 2.41. The quantitative estimate of drug-likeness (QED) is 0.713. The Bertz CT molecular complexity index is 273. The molecule has 1 aromatic carbocycles. The van der Waals surface area contributed by atoms with Gasteiger partial charge in [-0.05, 0) is 24.5 Å². The van der Waals surface area contributed by atoms with Gasteiger partial charge in [0.2, 0.25) is 0 Å². The van der Waals surface area contributed by atoms with Crippen LogP contribution in [0.2, 0.25) is 5.02 Å². The summed E-state index contributed by atoms with van der Waals surface area (Å²) in [5.41, 5.74) is 0. The average Bonchev–Trinajstić information content (AvgIpc) is 2.17. The smallest absolute Gasteiger partial charge is 0.137 e. The lowest BCUT2D eigenvalue weighted by Crippen LogP contribution is -2.08. The van der Waals surface area contributed by atoms with Crippen molar-refractivity contribution in [3.8, 4) is 5.75 Å². The molecule has 0 aliphatic rings. The van der Waals surface area contributed by atoms with Crippen LogP contribution in [0.1, 0.15) is 26.7 Å². The molecule has 0 saturated carbocycles. The van der Waals surface area contributed by atoms with Gasteiger partial charge in [-0.2, -0.15) is 0 Å². The van der Waals surface area contributed by atoms with Crippen LogP contribution in [0.5, 0.6) is 5.75 Å². The van der Waals surface area contributed by atoms with E-state index in [-0.39, 0.29) is 0 Å². The van der Waals surface area contributed by atoms with Gasteiger partial charge in [0.1, 0.15) is 5.75 Å². The van der Waals surface area contributed by atoms with E-state index in [0.29, 0.717) is 10.9 Å². The number of benzene rings is 1. The maximum atomic E-state index is 5.96. The highest BCUT2D eigenvalue weighted by Crippen LogP contribution is 2.23. The van der Waals surface area contributed by atoms with Crippen molar-refractivity contribution in [1.82, 2.24) is 0 Å². The minimum absolute atomic E-state index is 0.594. The van der Waals surface area contributed by atoms with Crippen LogP contribution in [0.3, 0.4) is 0 Å². The molecule has 2 heteroatoms. The minimum atomic E-state index is 0.594. The van der Waals surface area contributed by atoms with Gasteiger partial charge in [0.05, 0.1) is 11.6 Å². The zero-order valence-corrected chi connectivity index (χ0v) is 9.55. The summed E-state index contributed by atoms with van der Waals surface area (Å²) in [4.78, 5) is 0. The molecule has 0 aliphatic heterocycles. The molecule has 0 amide bonds. The van der Waals surface area contributed by atoms with E-state index in [1.807, 2.05) is 24.3 Å². The first-order valence-electron chi connectivity index (χ1n) is 5.11. The summed E-state index contributed by atoms with van der Waals surface area (Å²) in [6, 6.07) is 7.60. The van der Waals surface area contributed by atoms with E-state index in [1.165, 1.54) is 12.8 Å². The Morgan fingerprint density at radius 2 is 2.07 bits per heavy atom. The molecule has 14 heavy (non-hydrogen) atoms.